The molecule has 0 unspecified atom stereocenters. The Morgan fingerprint density at radius 1 is 1.10 bits per heavy atom. The molecule has 20 heavy (non-hydrogen) atoms. The second kappa shape index (κ2) is 5.98. The molecule has 1 aromatic carbocycles. The van der Waals surface area contributed by atoms with Crippen molar-refractivity contribution >= 4 is 20.1 Å². The number of nitriles is 2. The summed E-state index contributed by atoms with van der Waals surface area (Å²) in [6.45, 7) is -0.511. The van der Waals surface area contributed by atoms with Crippen molar-refractivity contribution in [3.8, 4) is 12.1 Å². The van der Waals surface area contributed by atoms with Crippen molar-refractivity contribution in [3.63, 3.8) is 0 Å². The van der Waals surface area contributed by atoms with Crippen LogP contribution >= 0.6 is 0 Å². The van der Waals surface area contributed by atoms with Gasteiger partial charge in [0.2, 0.25) is 10.0 Å². The smallest absolute Gasteiger partial charge is 0.266 e. The molecule has 0 aliphatic carbocycles. The molecule has 0 amide bonds. The summed E-state index contributed by atoms with van der Waals surface area (Å²) >= 11 is 0. The maximum absolute atomic E-state index is 11.8. The molecule has 0 atom stereocenters. The number of hydrogen-bond acceptors (Lipinski definition) is 6. The number of rotatable bonds is 5. The zero-order chi connectivity index (χ0) is 15.4. The Labute approximate surface area is 116 Å². The molecule has 0 heterocycles. The molecule has 8 nitrogen and oxygen atoms in total. The lowest BCUT2D eigenvalue weighted by Crippen LogP contribution is -2.29. The zero-order valence-electron chi connectivity index (χ0n) is 9.94. The minimum absolute atomic E-state index is 0.0318. The van der Waals surface area contributed by atoms with Crippen LogP contribution in [-0.4, -0.2) is 33.7 Å². The van der Waals surface area contributed by atoms with Gasteiger partial charge >= 0.3 is 0 Å². The van der Waals surface area contributed by atoms with E-state index in [9.17, 15) is 16.8 Å². The van der Waals surface area contributed by atoms with Gasteiger partial charge in [-0.1, -0.05) is 0 Å². The Morgan fingerprint density at radius 2 is 1.70 bits per heavy atom. The van der Waals surface area contributed by atoms with Crippen LogP contribution in [0.5, 0.6) is 0 Å². The molecule has 0 fully saturated rings. The minimum atomic E-state index is -4.27. The lowest BCUT2D eigenvalue weighted by atomic mass is 10.1. The van der Waals surface area contributed by atoms with Crippen molar-refractivity contribution in [1.82, 2.24) is 4.72 Å². The maximum Gasteiger partial charge on any atom is 0.266 e. The highest BCUT2D eigenvalue weighted by Crippen LogP contribution is 2.14. The van der Waals surface area contributed by atoms with E-state index in [-0.39, 0.29) is 16.0 Å². The molecule has 0 bridgehead atoms. The van der Waals surface area contributed by atoms with Crippen molar-refractivity contribution in [1.29, 1.82) is 10.5 Å². The van der Waals surface area contributed by atoms with Gasteiger partial charge in [0.25, 0.3) is 10.1 Å². The van der Waals surface area contributed by atoms with Crippen LogP contribution in [0.1, 0.15) is 11.1 Å². The average Bonchev–Trinajstić information content (AvgIpc) is 2.36. The van der Waals surface area contributed by atoms with Crippen molar-refractivity contribution < 1.29 is 21.4 Å². The van der Waals surface area contributed by atoms with Crippen LogP contribution in [0, 0.1) is 22.7 Å². The number of nitrogens with one attached hydrogen (secondary N) is 1. The fourth-order valence-corrected chi connectivity index (χ4v) is 2.82. The summed E-state index contributed by atoms with van der Waals surface area (Å²) in [6, 6.07) is 6.73. The van der Waals surface area contributed by atoms with Gasteiger partial charge in [-0.3, -0.25) is 4.55 Å². The third kappa shape index (κ3) is 4.29. The third-order valence-corrected chi connectivity index (χ3v) is 4.37. The van der Waals surface area contributed by atoms with Gasteiger partial charge in [0.05, 0.1) is 21.8 Å². The van der Waals surface area contributed by atoms with Crippen molar-refractivity contribution in [2.75, 3.05) is 12.3 Å². The highest BCUT2D eigenvalue weighted by atomic mass is 32.2. The van der Waals surface area contributed by atoms with E-state index in [1.54, 1.807) is 12.1 Å². The Bertz CT molecular complexity index is 800. The van der Waals surface area contributed by atoms with Crippen LogP contribution in [-0.2, 0) is 20.1 Å². The van der Waals surface area contributed by atoms with Gasteiger partial charge < -0.3 is 0 Å². The molecule has 0 radical (unpaired) electrons. The fourth-order valence-electron chi connectivity index (χ4n) is 1.27. The van der Waals surface area contributed by atoms with Crippen LogP contribution in [0.25, 0.3) is 0 Å². The largest absolute Gasteiger partial charge is 0.286 e. The first-order valence-electron chi connectivity index (χ1n) is 5.08. The van der Waals surface area contributed by atoms with E-state index in [4.69, 9.17) is 15.1 Å². The summed E-state index contributed by atoms with van der Waals surface area (Å²) in [7, 11) is -8.30. The monoisotopic (exact) mass is 315 g/mol. The molecular formula is C10H9N3O5S2. The van der Waals surface area contributed by atoms with Crippen LogP contribution in [0.4, 0.5) is 0 Å². The van der Waals surface area contributed by atoms with Gasteiger partial charge in [-0.25, -0.2) is 13.1 Å². The van der Waals surface area contributed by atoms with Crippen LogP contribution in [0.3, 0.4) is 0 Å². The van der Waals surface area contributed by atoms with Crippen molar-refractivity contribution in [3.05, 3.63) is 29.3 Å². The van der Waals surface area contributed by atoms with E-state index in [0.29, 0.717) is 0 Å². The third-order valence-electron chi connectivity index (χ3n) is 2.19. The minimum Gasteiger partial charge on any atom is -0.286 e. The Kier molecular flexibility index (Phi) is 4.81. The molecule has 106 valence electrons. The predicted octanol–water partition coefficient (Wildman–Crippen LogP) is -0.404. The molecule has 0 aliphatic rings. The summed E-state index contributed by atoms with van der Waals surface area (Å²) in [5.41, 5.74) is -0.0745. The molecular weight excluding hydrogens is 306 g/mol. The highest BCUT2D eigenvalue weighted by molar-refractivity contribution is 7.89. The van der Waals surface area contributed by atoms with E-state index in [1.165, 1.54) is 6.07 Å². The van der Waals surface area contributed by atoms with E-state index in [2.05, 4.69) is 0 Å². The predicted molar refractivity (Wildman–Crippen MR) is 67.5 cm³/mol. The highest BCUT2D eigenvalue weighted by Gasteiger charge is 2.17. The van der Waals surface area contributed by atoms with Gasteiger partial charge in [0.1, 0.15) is 12.1 Å². The lowest BCUT2D eigenvalue weighted by Gasteiger charge is -2.06. The number of nitrogens with zero attached hydrogens (tertiary/aromatic N) is 2. The first kappa shape index (κ1) is 16.1. The lowest BCUT2D eigenvalue weighted by molar-refractivity contribution is 0.482. The first-order valence-corrected chi connectivity index (χ1v) is 8.18. The van der Waals surface area contributed by atoms with E-state index >= 15 is 0 Å². The van der Waals surface area contributed by atoms with Crippen LogP contribution < -0.4 is 4.72 Å². The summed E-state index contributed by atoms with van der Waals surface area (Å²) in [6.07, 6.45) is 0. The number of benzene rings is 1. The van der Waals surface area contributed by atoms with Crippen molar-refractivity contribution in [2.45, 2.75) is 4.90 Å². The summed E-state index contributed by atoms with van der Waals surface area (Å²) in [5, 5.41) is 17.5. The van der Waals surface area contributed by atoms with Crippen LogP contribution in [0.15, 0.2) is 23.1 Å². The Hall–Kier alpha value is -1.98. The van der Waals surface area contributed by atoms with E-state index in [0.717, 1.165) is 12.1 Å². The first-order chi connectivity index (χ1) is 9.19. The maximum atomic E-state index is 11.8. The van der Waals surface area contributed by atoms with Gasteiger partial charge in [-0.2, -0.15) is 18.9 Å². The molecule has 0 saturated heterocycles. The Balaban J connectivity index is 3.00. The second-order valence-electron chi connectivity index (χ2n) is 3.61. The SMILES string of the molecule is N#Cc1ccc(S(=O)(=O)NCCS(=O)(=O)O)cc1C#N. The van der Waals surface area contributed by atoms with E-state index in [1.807, 2.05) is 4.72 Å². The van der Waals surface area contributed by atoms with Gasteiger partial charge in [0.15, 0.2) is 0 Å². The molecule has 10 heteroatoms. The molecule has 0 spiro atoms. The summed E-state index contributed by atoms with van der Waals surface area (Å²) < 4.78 is 55.0. The van der Waals surface area contributed by atoms with Gasteiger partial charge in [-0.15, -0.1) is 0 Å². The van der Waals surface area contributed by atoms with Gasteiger partial charge in [-0.05, 0) is 18.2 Å². The Morgan fingerprint density at radius 3 is 2.20 bits per heavy atom. The van der Waals surface area contributed by atoms with Gasteiger partial charge in [0, 0.05) is 6.54 Å². The zero-order valence-corrected chi connectivity index (χ0v) is 11.6. The fraction of sp³-hybridized carbons (Fsp3) is 0.200. The summed E-state index contributed by atoms with van der Waals surface area (Å²) in [5.74, 6) is -0.770. The van der Waals surface area contributed by atoms with Crippen molar-refractivity contribution in [2.24, 2.45) is 0 Å². The van der Waals surface area contributed by atoms with E-state index < -0.39 is 32.4 Å². The second-order valence-corrected chi connectivity index (χ2v) is 6.95. The number of hydrogen-bond donors (Lipinski definition) is 2. The molecule has 1 aromatic rings. The summed E-state index contributed by atoms with van der Waals surface area (Å²) in [4.78, 5) is -0.275. The molecule has 1 rings (SSSR count). The quantitative estimate of drug-likeness (QED) is 0.702. The average molecular weight is 315 g/mol. The molecule has 0 saturated carbocycles. The molecule has 0 aliphatic heterocycles. The molecule has 0 aromatic heterocycles. The van der Waals surface area contributed by atoms with Crippen LogP contribution in [0.2, 0.25) is 0 Å². The number of sulfonamides is 1. The molecule has 2 N–H and O–H groups in total. The topological polar surface area (TPSA) is 148 Å². The standard InChI is InChI=1S/C10H9N3O5S2/c11-6-8-1-2-10(5-9(8)7-12)20(17,18)13-3-4-19(14,15)16/h1-2,5,13H,3-4H2,(H,14,15,16). The normalized spacial score (nSPS) is 11.6.